The number of hydrogen-bond acceptors (Lipinski definition) is 5. The van der Waals surface area contributed by atoms with Gasteiger partial charge in [-0.05, 0) is 24.3 Å². The van der Waals surface area contributed by atoms with Crippen LogP contribution in [0.3, 0.4) is 0 Å². The Hall–Kier alpha value is -3.51. The number of para-hydroxylation sites is 3. The van der Waals surface area contributed by atoms with Crippen molar-refractivity contribution < 1.29 is 4.42 Å². The number of fused-ring (bicyclic) bond motifs is 3. The van der Waals surface area contributed by atoms with Crippen LogP contribution in [0, 0.1) is 0 Å². The molecule has 0 radical (unpaired) electrons. The Balaban J connectivity index is 1.72. The van der Waals surface area contributed by atoms with Gasteiger partial charge in [-0.3, -0.25) is 5.10 Å². The van der Waals surface area contributed by atoms with Gasteiger partial charge in [-0.25, -0.2) is 9.97 Å². The second-order valence-corrected chi connectivity index (χ2v) is 7.18. The molecule has 0 aliphatic rings. The molecule has 0 saturated carbocycles. The van der Waals surface area contributed by atoms with Crippen LogP contribution < -0.4 is 0 Å². The summed E-state index contributed by atoms with van der Waals surface area (Å²) in [6.45, 7) is 0. The van der Waals surface area contributed by atoms with Gasteiger partial charge in [0.25, 0.3) is 0 Å². The van der Waals surface area contributed by atoms with Crippen molar-refractivity contribution >= 4 is 43.6 Å². The third kappa shape index (κ3) is 2.14. The summed E-state index contributed by atoms with van der Waals surface area (Å²) < 4.78 is 7.19. The Labute approximate surface area is 157 Å². The quantitative estimate of drug-likeness (QED) is 0.429. The maximum atomic E-state index is 6.10. The first-order valence-electron chi connectivity index (χ1n) is 8.54. The van der Waals surface area contributed by atoms with Gasteiger partial charge in [0.15, 0.2) is 5.58 Å². The minimum atomic E-state index is 0.565. The summed E-state index contributed by atoms with van der Waals surface area (Å²) in [5.74, 6) is 0.565. The maximum Gasteiger partial charge on any atom is 0.230 e. The third-order valence-electron chi connectivity index (χ3n) is 4.74. The van der Waals surface area contributed by atoms with Crippen molar-refractivity contribution in [1.29, 1.82) is 0 Å². The van der Waals surface area contributed by atoms with Crippen LogP contribution in [0.15, 0.2) is 70.6 Å². The molecule has 0 aliphatic heterocycles. The first-order chi connectivity index (χ1) is 13.4. The molecule has 6 rings (SSSR count). The molecule has 0 atom stereocenters. The van der Waals surface area contributed by atoms with Crippen LogP contribution in [-0.4, -0.2) is 20.2 Å². The van der Waals surface area contributed by atoms with Gasteiger partial charge in [-0.15, -0.1) is 11.3 Å². The van der Waals surface area contributed by atoms with Crippen LogP contribution in [0.4, 0.5) is 0 Å². The van der Waals surface area contributed by atoms with E-state index in [1.165, 1.54) is 0 Å². The smallest absolute Gasteiger partial charge is 0.230 e. The Kier molecular flexibility index (Phi) is 2.98. The Morgan fingerprint density at radius 2 is 1.81 bits per heavy atom. The van der Waals surface area contributed by atoms with E-state index in [1.54, 1.807) is 11.3 Å². The molecule has 0 amide bonds. The topological polar surface area (TPSA) is 67.6 Å². The maximum absolute atomic E-state index is 6.10. The zero-order valence-corrected chi connectivity index (χ0v) is 14.8. The van der Waals surface area contributed by atoms with Crippen LogP contribution in [0.25, 0.3) is 54.9 Å². The third-order valence-corrected chi connectivity index (χ3v) is 5.53. The van der Waals surface area contributed by atoms with E-state index >= 15 is 0 Å². The number of rotatable bonds is 2. The fourth-order valence-electron chi connectivity index (χ4n) is 3.49. The molecule has 6 heteroatoms. The minimum absolute atomic E-state index is 0.565. The number of aromatic amines is 1. The molecule has 3 aromatic carbocycles. The zero-order valence-electron chi connectivity index (χ0n) is 14.0. The number of hydrogen-bond donors (Lipinski definition) is 1. The molecule has 3 heterocycles. The van der Waals surface area contributed by atoms with Crippen molar-refractivity contribution in [3.05, 3.63) is 66.2 Å². The van der Waals surface area contributed by atoms with Crippen LogP contribution in [0.1, 0.15) is 0 Å². The van der Waals surface area contributed by atoms with Crippen molar-refractivity contribution in [1.82, 2.24) is 20.2 Å². The van der Waals surface area contributed by atoms with Gasteiger partial charge in [0.05, 0.1) is 26.8 Å². The van der Waals surface area contributed by atoms with E-state index in [2.05, 4.69) is 33.4 Å². The molecule has 0 saturated heterocycles. The molecule has 6 aromatic rings. The second kappa shape index (κ2) is 5.49. The van der Waals surface area contributed by atoms with E-state index in [0.717, 1.165) is 49.0 Å². The van der Waals surface area contributed by atoms with Crippen molar-refractivity contribution in [3.8, 4) is 22.7 Å². The molecule has 27 heavy (non-hydrogen) atoms. The van der Waals surface area contributed by atoms with E-state index in [-0.39, 0.29) is 0 Å². The zero-order chi connectivity index (χ0) is 17.8. The molecule has 0 fully saturated rings. The van der Waals surface area contributed by atoms with E-state index in [0.29, 0.717) is 5.89 Å². The molecule has 3 aromatic heterocycles. The Morgan fingerprint density at radius 3 is 2.78 bits per heavy atom. The van der Waals surface area contributed by atoms with Gasteiger partial charge < -0.3 is 4.42 Å². The monoisotopic (exact) mass is 368 g/mol. The summed E-state index contributed by atoms with van der Waals surface area (Å²) >= 11 is 1.60. The predicted molar refractivity (Wildman–Crippen MR) is 108 cm³/mol. The average Bonchev–Trinajstić information content (AvgIpc) is 3.43. The first kappa shape index (κ1) is 14.6. The minimum Gasteiger partial charge on any atom is -0.436 e. The highest BCUT2D eigenvalue weighted by Gasteiger charge is 2.21. The molecular weight excluding hydrogens is 356 g/mol. The summed E-state index contributed by atoms with van der Waals surface area (Å²) in [5, 5.41) is 8.75. The molecule has 0 spiro atoms. The number of nitrogens with zero attached hydrogens (tertiary/aromatic N) is 3. The normalized spacial score (nSPS) is 11.7. The Bertz CT molecular complexity index is 1410. The number of nitrogens with one attached hydrogen (secondary N) is 1. The molecule has 1 N–H and O–H groups in total. The van der Waals surface area contributed by atoms with Crippen LogP contribution >= 0.6 is 11.3 Å². The summed E-state index contributed by atoms with van der Waals surface area (Å²) in [5.41, 5.74) is 8.03. The lowest BCUT2D eigenvalue weighted by Crippen LogP contribution is -1.88. The van der Waals surface area contributed by atoms with Crippen molar-refractivity contribution in [2.24, 2.45) is 0 Å². The largest absolute Gasteiger partial charge is 0.436 e. The number of thiazole rings is 1. The summed E-state index contributed by atoms with van der Waals surface area (Å²) in [6, 6.07) is 20.0. The SMILES string of the molecule is c1ccc2oc(-c3c(-c4n[nH]c5ccccc45)ccc4scnc34)nc2c1. The summed E-state index contributed by atoms with van der Waals surface area (Å²) in [7, 11) is 0. The molecule has 5 nitrogen and oxygen atoms in total. The first-order valence-corrected chi connectivity index (χ1v) is 9.42. The van der Waals surface area contributed by atoms with Gasteiger partial charge in [-0.2, -0.15) is 5.10 Å². The highest BCUT2D eigenvalue weighted by atomic mass is 32.1. The highest BCUT2D eigenvalue weighted by Crippen LogP contribution is 2.40. The Morgan fingerprint density at radius 1 is 0.926 bits per heavy atom. The fraction of sp³-hybridized carbons (Fsp3) is 0. The van der Waals surface area contributed by atoms with Crippen LogP contribution in [0.5, 0.6) is 0 Å². The molecule has 128 valence electrons. The fourth-order valence-corrected chi connectivity index (χ4v) is 4.18. The lowest BCUT2D eigenvalue weighted by molar-refractivity contribution is 0.620. The average molecular weight is 368 g/mol. The molecular formula is C21H12N4OS. The van der Waals surface area contributed by atoms with Gasteiger partial charge >= 0.3 is 0 Å². The van der Waals surface area contributed by atoms with Crippen LogP contribution in [-0.2, 0) is 0 Å². The summed E-state index contributed by atoms with van der Waals surface area (Å²) in [6.07, 6.45) is 0. The molecule has 0 unspecified atom stereocenters. The van der Waals surface area contributed by atoms with E-state index in [9.17, 15) is 0 Å². The second-order valence-electron chi connectivity index (χ2n) is 6.29. The van der Waals surface area contributed by atoms with E-state index < -0.39 is 0 Å². The molecule has 0 bridgehead atoms. The van der Waals surface area contributed by atoms with Crippen molar-refractivity contribution in [2.75, 3.05) is 0 Å². The van der Waals surface area contributed by atoms with Gasteiger partial charge in [0, 0.05) is 10.9 Å². The highest BCUT2D eigenvalue weighted by molar-refractivity contribution is 7.16. The number of benzene rings is 3. The van der Waals surface area contributed by atoms with Gasteiger partial charge in [0.1, 0.15) is 11.2 Å². The van der Waals surface area contributed by atoms with Crippen LogP contribution in [0.2, 0.25) is 0 Å². The van der Waals surface area contributed by atoms with Gasteiger partial charge in [0.2, 0.25) is 5.89 Å². The predicted octanol–water partition coefficient (Wildman–Crippen LogP) is 5.65. The standard InChI is InChI=1S/C21H12N4OS/c1-2-6-14-12(5-1)19(25-24-14)13-9-10-17-20(22-11-27-17)18(13)21-23-15-7-3-4-8-16(15)26-21/h1-11H,(H,24,25). The van der Waals surface area contributed by atoms with Crippen molar-refractivity contribution in [3.63, 3.8) is 0 Å². The number of H-pyrrole nitrogens is 1. The number of oxazole rings is 1. The van der Waals surface area contributed by atoms with Crippen molar-refractivity contribution in [2.45, 2.75) is 0 Å². The van der Waals surface area contributed by atoms with E-state index in [4.69, 9.17) is 9.40 Å². The molecule has 0 aliphatic carbocycles. The van der Waals surface area contributed by atoms with Gasteiger partial charge in [-0.1, -0.05) is 36.4 Å². The summed E-state index contributed by atoms with van der Waals surface area (Å²) in [4.78, 5) is 9.32. The lowest BCUT2D eigenvalue weighted by Gasteiger charge is -2.06. The van der Waals surface area contributed by atoms with E-state index in [1.807, 2.05) is 48.0 Å². The lowest BCUT2D eigenvalue weighted by atomic mass is 10.0. The number of aromatic nitrogens is 4.